The molecule has 0 radical (unpaired) electrons. The van der Waals surface area contributed by atoms with Gasteiger partial charge in [0.1, 0.15) is 4.90 Å². The molecule has 0 aliphatic heterocycles. The lowest BCUT2D eigenvalue weighted by atomic mass is 10.3. The third kappa shape index (κ3) is 3.97. The second kappa shape index (κ2) is 6.23. The smallest absolute Gasteiger partial charge is 0.263 e. The molecule has 0 atom stereocenters. The van der Waals surface area contributed by atoms with Crippen LogP contribution in [0.4, 0.5) is 5.69 Å². The van der Waals surface area contributed by atoms with Gasteiger partial charge in [0, 0.05) is 26.7 Å². The van der Waals surface area contributed by atoms with E-state index >= 15 is 0 Å². The summed E-state index contributed by atoms with van der Waals surface area (Å²) in [5.41, 5.74) is 0.592. The van der Waals surface area contributed by atoms with Gasteiger partial charge in [-0.25, -0.2) is 8.42 Å². The SMILES string of the molecule is O=S(=O)(Nc1cccc(I)c1)c1ccsc1CNC1CC1. The van der Waals surface area contributed by atoms with Gasteiger partial charge in [-0.3, -0.25) is 4.72 Å². The quantitative estimate of drug-likeness (QED) is 0.686. The molecular weight excluding hydrogens is 419 g/mol. The molecule has 0 unspecified atom stereocenters. The van der Waals surface area contributed by atoms with E-state index in [0.717, 1.165) is 8.45 Å². The van der Waals surface area contributed by atoms with E-state index in [1.807, 2.05) is 23.6 Å². The van der Waals surface area contributed by atoms with Crippen LogP contribution in [0.2, 0.25) is 0 Å². The van der Waals surface area contributed by atoms with Crippen LogP contribution in [-0.2, 0) is 16.6 Å². The van der Waals surface area contributed by atoms with Crippen LogP contribution in [0, 0.1) is 3.57 Å². The van der Waals surface area contributed by atoms with Gasteiger partial charge in [-0.15, -0.1) is 11.3 Å². The summed E-state index contributed by atoms with van der Waals surface area (Å²) in [6.07, 6.45) is 2.38. The number of rotatable bonds is 6. The number of halogens is 1. The minimum absolute atomic E-state index is 0.375. The maximum Gasteiger partial charge on any atom is 0.263 e. The minimum atomic E-state index is -3.53. The lowest BCUT2D eigenvalue weighted by molar-refractivity contribution is 0.599. The number of benzene rings is 1. The lowest BCUT2D eigenvalue weighted by Crippen LogP contribution is -2.18. The first-order chi connectivity index (χ1) is 10.0. The minimum Gasteiger partial charge on any atom is -0.309 e. The molecule has 1 saturated carbocycles. The Bertz CT molecular complexity index is 739. The summed E-state index contributed by atoms with van der Waals surface area (Å²) in [5.74, 6) is 0. The van der Waals surface area contributed by atoms with Crippen LogP contribution in [0.1, 0.15) is 17.7 Å². The fraction of sp³-hybridized carbons (Fsp3) is 0.286. The predicted molar refractivity (Wildman–Crippen MR) is 94.1 cm³/mol. The van der Waals surface area contributed by atoms with Gasteiger partial charge in [0.05, 0.1) is 0 Å². The average Bonchev–Trinajstić information content (AvgIpc) is 3.12. The first kappa shape index (κ1) is 15.3. The fourth-order valence-electron chi connectivity index (χ4n) is 1.98. The summed E-state index contributed by atoms with van der Waals surface area (Å²) < 4.78 is 28.7. The van der Waals surface area contributed by atoms with Crippen LogP contribution in [-0.4, -0.2) is 14.5 Å². The highest BCUT2D eigenvalue weighted by molar-refractivity contribution is 14.1. The Balaban J connectivity index is 1.79. The summed E-state index contributed by atoms with van der Waals surface area (Å²) in [5, 5.41) is 5.19. The number of sulfonamides is 1. The molecule has 21 heavy (non-hydrogen) atoms. The van der Waals surface area contributed by atoms with Gasteiger partial charge in [0.25, 0.3) is 10.0 Å². The second-order valence-corrected chi connectivity index (χ2v) is 8.88. The summed E-state index contributed by atoms with van der Waals surface area (Å²) in [6, 6.07) is 9.56. The Morgan fingerprint density at radius 1 is 1.29 bits per heavy atom. The zero-order valence-electron chi connectivity index (χ0n) is 11.2. The Morgan fingerprint density at radius 3 is 2.81 bits per heavy atom. The van der Waals surface area contributed by atoms with Crippen molar-refractivity contribution in [3.63, 3.8) is 0 Å². The average molecular weight is 434 g/mol. The molecule has 7 heteroatoms. The molecule has 1 aromatic carbocycles. The topological polar surface area (TPSA) is 58.2 Å². The molecule has 4 nitrogen and oxygen atoms in total. The van der Waals surface area contributed by atoms with Gasteiger partial charge in [-0.1, -0.05) is 6.07 Å². The zero-order valence-corrected chi connectivity index (χ0v) is 15.0. The number of anilines is 1. The van der Waals surface area contributed by atoms with Crippen LogP contribution in [0.15, 0.2) is 40.6 Å². The molecule has 0 amide bonds. The molecule has 112 valence electrons. The van der Waals surface area contributed by atoms with E-state index in [0.29, 0.717) is 23.2 Å². The highest BCUT2D eigenvalue weighted by Crippen LogP contribution is 2.26. The molecular formula is C14H15IN2O2S2. The van der Waals surface area contributed by atoms with Gasteiger partial charge >= 0.3 is 0 Å². The van der Waals surface area contributed by atoms with E-state index in [1.165, 1.54) is 24.2 Å². The first-order valence-corrected chi connectivity index (χ1v) is 10.1. The van der Waals surface area contributed by atoms with Crippen molar-refractivity contribution in [2.45, 2.75) is 30.3 Å². The zero-order chi connectivity index (χ0) is 14.9. The van der Waals surface area contributed by atoms with Crippen LogP contribution in [0.3, 0.4) is 0 Å². The first-order valence-electron chi connectivity index (χ1n) is 6.63. The van der Waals surface area contributed by atoms with E-state index in [2.05, 4.69) is 32.6 Å². The van der Waals surface area contributed by atoms with Crippen molar-refractivity contribution in [2.24, 2.45) is 0 Å². The summed E-state index contributed by atoms with van der Waals surface area (Å²) in [6.45, 7) is 0.616. The van der Waals surface area contributed by atoms with Crippen LogP contribution in [0.25, 0.3) is 0 Å². The van der Waals surface area contributed by atoms with E-state index in [1.54, 1.807) is 12.1 Å². The van der Waals surface area contributed by atoms with E-state index < -0.39 is 10.0 Å². The standard InChI is InChI=1S/C14H15IN2O2S2/c15-10-2-1-3-12(8-10)17-21(18,19)14-6-7-20-13(14)9-16-11-4-5-11/h1-3,6-8,11,16-17H,4-5,9H2. The van der Waals surface area contributed by atoms with Crippen molar-refractivity contribution in [3.05, 3.63) is 44.2 Å². The maximum atomic E-state index is 12.5. The third-order valence-electron chi connectivity index (χ3n) is 3.20. The Hall–Kier alpha value is -0.640. The van der Waals surface area contributed by atoms with Gasteiger partial charge in [0.2, 0.25) is 0 Å². The monoisotopic (exact) mass is 434 g/mol. The van der Waals surface area contributed by atoms with Crippen LogP contribution < -0.4 is 10.0 Å². The van der Waals surface area contributed by atoms with Crippen molar-refractivity contribution in [2.75, 3.05) is 4.72 Å². The lowest BCUT2D eigenvalue weighted by Gasteiger charge is -2.09. The number of nitrogens with one attached hydrogen (secondary N) is 2. The fourth-order valence-corrected chi connectivity index (χ4v) is 4.97. The number of thiophene rings is 1. The van der Waals surface area contributed by atoms with Crippen LogP contribution in [0.5, 0.6) is 0 Å². The Morgan fingerprint density at radius 2 is 2.10 bits per heavy atom. The maximum absolute atomic E-state index is 12.5. The molecule has 1 aliphatic carbocycles. The molecule has 0 bridgehead atoms. The molecule has 2 N–H and O–H groups in total. The van der Waals surface area contributed by atoms with E-state index in [-0.39, 0.29) is 0 Å². The summed E-state index contributed by atoms with van der Waals surface area (Å²) in [7, 11) is -3.53. The van der Waals surface area contributed by atoms with Gasteiger partial charge in [-0.05, 0) is 65.1 Å². The second-order valence-electron chi connectivity index (χ2n) is 4.98. The third-order valence-corrected chi connectivity index (χ3v) is 6.39. The molecule has 2 aromatic rings. The molecule has 1 fully saturated rings. The van der Waals surface area contributed by atoms with Crippen molar-refractivity contribution < 1.29 is 8.42 Å². The van der Waals surface area contributed by atoms with Gasteiger partial charge < -0.3 is 5.32 Å². The van der Waals surface area contributed by atoms with Gasteiger partial charge in [-0.2, -0.15) is 0 Å². The largest absolute Gasteiger partial charge is 0.309 e. The van der Waals surface area contributed by atoms with Crippen molar-refractivity contribution in [1.29, 1.82) is 0 Å². The molecule has 1 aliphatic rings. The molecule has 1 aromatic heterocycles. The summed E-state index contributed by atoms with van der Waals surface area (Å²) >= 11 is 3.64. The predicted octanol–water partition coefficient (Wildman–Crippen LogP) is 3.41. The Kier molecular flexibility index (Phi) is 4.53. The molecule has 0 saturated heterocycles. The molecule has 0 spiro atoms. The summed E-state index contributed by atoms with van der Waals surface area (Å²) in [4.78, 5) is 1.24. The molecule has 1 heterocycles. The van der Waals surface area contributed by atoms with Gasteiger partial charge in [0.15, 0.2) is 0 Å². The van der Waals surface area contributed by atoms with E-state index in [4.69, 9.17) is 0 Å². The highest BCUT2D eigenvalue weighted by atomic mass is 127. The highest BCUT2D eigenvalue weighted by Gasteiger charge is 2.24. The number of hydrogen-bond donors (Lipinski definition) is 2. The normalized spacial score (nSPS) is 15.1. The van der Waals surface area contributed by atoms with Crippen molar-refractivity contribution in [1.82, 2.24) is 5.32 Å². The molecule has 3 rings (SSSR count). The van der Waals surface area contributed by atoms with E-state index in [9.17, 15) is 8.42 Å². The Labute approximate surface area is 142 Å². The van der Waals surface area contributed by atoms with Crippen molar-refractivity contribution >= 4 is 49.6 Å². The number of hydrogen-bond acceptors (Lipinski definition) is 4. The van der Waals surface area contributed by atoms with Crippen LogP contribution >= 0.6 is 33.9 Å². The van der Waals surface area contributed by atoms with Crippen molar-refractivity contribution in [3.8, 4) is 0 Å².